The van der Waals surface area contributed by atoms with Crippen molar-refractivity contribution in [1.82, 2.24) is 0 Å². The molecule has 1 heterocycles. The van der Waals surface area contributed by atoms with Gasteiger partial charge in [0.25, 0.3) is 0 Å². The summed E-state index contributed by atoms with van der Waals surface area (Å²) >= 11 is 0. The standard InChI is InChI=1S/C17H15NO5/c1-10-3-6-15(14(7-10)18(20)21)22-12-4-5-13-11(2)8-17(19)23-16(13)9-12/h3-7,9,11H,8H2,1-2H3. The van der Waals surface area contributed by atoms with Crippen LogP contribution in [-0.4, -0.2) is 10.9 Å². The summed E-state index contributed by atoms with van der Waals surface area (Å²) in [7, 11) is 0. The molecule has 0 N–H and O–H groups in total. The number of nitro groups is 1. The van der Waals surface area contributed by atoms with E-state index >= 15 is 0 Å². The molecule has 2 aromatic rings. The fourth-order valence-corrected chi connectivity index (χ4v) is 2.58. The Morgan fingerprint density at radius 1 is 1.26 bits per heavy atom. The van der Waals surface area contributed by atoms with Gasteiger partial charge < -0.3 is 9.47 Å². The number of rotatable bonds is 3. The van der Waals surface area contributed by atoms with Gasteiger partial charge >= 0.3 is 11.7 Å². The largest absolute Gasteiger partial charge is 0.450 e. The molecule has 1 unspecified atom stereocenters. The molecule has 0 saturated carbocycles. The Labute approximate surface area is 132 Å². The van der Waals surface area contributed by atoms with Crippen molar-refractivity contribution in [2.75, 3.05) is 0 Å². The van der Waals surface area contributed by atoms with E-state index in [1.807, 2.05) is 13.0 Å². The van der Waals surface area contributed by atoms with E-state index in [0.717, 1.165) is 11.1 Å². The third-order valence-corrected chi connectivity index (χ3v) is 3.75. The zero-order valence-corrected chi connectivity index (χ0v) is 12.7. The lowest BCUT2D eigenvalue weighted by Crippen LogP contribution is -2.18. The zero-order chi connectivity index (χ0) is 16.6. The molecule has 0 radical (unpaired) electrons. The van der Waals surface area contributed by atoms with E-state index in [1.54, 1.807) is 31.2 Å². The summed E-state index contributed by atoms with van der Waals surface area (Å²) < 4.78 is 10.9. The first-order valence-electron chi connectivity index (χ1n) is 7.21. The maximum atomic E-state index is 11.5. The first-order chi connectivity index (χ1) is 10.9. The Kier molecular flexibility index (Phi) is 3.73. The minimum atomic E-state index is -0.483. The van der Waals surface area contributed by atoms with Gasteiger partial charge in [0.1, 0.15) is 11.5 Å². The molecular formula is C17H15NO5. The van der Waals surface area contributed by atoms with Crippen LogP contribution in [-0.2, 0) is 4.79 Å². The number of aryl methyl sites for hydroxylation is 1. The summed E-state index contributed by atoms with van der Waals surface area (Å²) in [5, 5.41) is 11.1. The van der Waals surface area contributed by atoms with Crippen molar-refractivity contribution in [2.24, 2.45) is 0 Å². The van der Waals surface area contributed by atoms with Crippen LogP contribution in [0.15, 0.2) is 36.4 Å². The number of esters is 1. The van der Waals surface area contributed by atoms with E-state index in [2.05, 4.69) is 0 Å². The van der Waals surface area contributed by atoms with Gasteiger partial charge in [-0.05, 0) is 36.1 Å². The van der Waals surface area contributed by atoms with Crippen molar-refractivity contribution in [3.63, 3.8) is 0 Å². The van der Waals surface area contributed by atoms with Gasteiger partial charge in [0.15, 0.2) is 0 Å². The van der Waals surface area contributed by atoms with Gasteiger partial charge in [-0.1, -0.05) is 19.1 Å². The second-order valence-corrected chi connectivity index (χ2v) is 5.61. The van der Waals surface area contributed by atoms with Crippen LogP contribution in [0.3, 0.4) is 0 Å². The monoisotopic (exact) mass is 313 g/mol. The van der Waals surface area contributed by atoms with E-state index < -0.39 is 4.92 Å². The lowest BCUT2D eigenvalue weighted by molar-refractivity contribution is -0.385. The smallest absolute Gasteiger partial charge is 0.311 e. The van der Waals surface area contributed by atoms with Gasteiger partial charge in [0.2, 0.25) is 5.75 Å². The molecule has 1 aliphatic rings. The number of nitro benzene ring substituents is 1. The van der Waals surface area contributed by atoms with Crippen molar-refractivity contribution < 1.29 is 19.2 Å². The molecule has 3 rings (SSSR count). The SMILES string of the molecule is Cc1ccc(Oc2ccc3c(c2)OC(=O)CC3C)c([N+](=O)[O-])c1. The van der Waals surface area contributed by atoms with Crippen LogP contribution in [0.25, 0.3) is 0 Å². The van der Waals surface area contributed by atoms with Crippen LogP contribution in [0.1, 0.15) is 30.4 Å². The van der Waals surface area contributed by atoms with Gasteiger partial charge in [-0.25, -0.2) is 0 Å². The first kappa shape index (κ1) is 15.0. The van der Waals surface area contributed by atoms with E-state index in [0.29, 0.717) is 17.9 Å². The van der Waals surface area contributed by atoms with E-state index in [9.17, 15) is 14.9 Å². The van der Waals surface area contributed by atoms with E-state index in [-0.39, 0.29) is 23.3 Å². The maximum Gasteiger partial charge on any atom is 0.311 e. The molecule has 0 aromatic heterocycles. The van der Waals surface area contributed by atoms with Crippen LogP contribution in [0.4, 0.5) is 5.69 Å². The highest BCUT2D eigenvalue weighted by Crippen LogP contribution is 2.39. The number of fused-ring (bicyclic) bond motifs is 1. The van der Waals surface area contributed by atoms with Gasteiger partial charge in [-0.2, -0.15) is 0 Å². The third kappa shape index (κ3) is 3.01. The van der Waals surface area contributed by atoms with Gasteiger partial charge in [0, 0.05) is 12.1 Å². The van der Waals surface area contributed by atoms with Gasteiger partial charge in [0.05, 0.1) is 11.3 Å². The number of ether oxygens (including phenoxy) is 2. The molecule has 0 fully saturated rings. The second-order valence-electron chi connectivity index (χ2n) is 5.61. The summed E-state index contributed by atoms with van der Waals surface area (Å²) in [4.78, 5) is 22.2. The molecular weight excluding hydrogens is 298 g/mol. The highest BCUT2D eigenvalue weighted by molar-refractivity contribution is 5.76. The van der Waals surface area contributed by atoms with Crippen LogP contribution < -0.4 is 9.47 Å². The maximum absolute atomic E-state index is 11.5. The quantitative estimate of drug-likeness (QED) is 0.369. The highest BCUT2D eigenvalue weighted by Gasteiger charge is 2.24. The Morgan fingerprint density at radius 3 is 2.78 bits per heavy atom. The molecule has 1 atom stereocenters. The molecule has 6 heteroatoms. The number of carbonyl (C=O) groups is 1. The number of hydrogen-bond donors (Lipinski definition) is 0. The summed E-state index contributed by atoms with van der Waals surface area (Å²) in [6.07, 6.45) is 0.344. The van der Waals surface area contributed by atoms with E-state index in [4.69, 9.17) is 9.47 Å². The average Bonchev–Trinajstić information content (AvgIpc) is 2.48. The van der Waals surface area contributed by atoms with Gasteiger partial charge in [-0.15, -0.1) is 0 Å². The van der Waals surface area contributed by atoms with Crippen LogP contribution in [0.2, 0.25) is 0 Å². The second kappa shape index (κ2) is 5.72. The fourth-order valence-electron chi connectivity index (χ4n) is 2.58. The third-order valence-electron chi connectivity index (χ3n) is 3.75. The molecule has 0 bridgehead atoms. The molecule has 0 amide bonds. The molecule has 1 aliphatic heterocycles. The molecule has 0 saturated heterocycles. The predicted molar refractivity (Wildman–Crippen MR) is 83.0 cm³/mol. The molecule has 118 valence electrons. The summed E-state index contributed by atoms with van der Waals surface area (Å²) in [6, 6.07) is 9.88. The number of benzene rings is 2. The average molecular weight is 313 g/mol. The van der Waals surface area contributed by atoms with Crippen molar-refractivity contribution >= 4 is 11.7 Å². The topological polar surface area (TPSA) is 78.7 Å². The van der Waals surface area contributed by atoms with Gasteiger partial charge in [-0.3, -0.25) is 14.9 Å². The Bertz CT molecular complexity index is 800. The molecule has 2 aromatic carbocycles. The van der Waals surface area contributed by atoms with Crippen molar-refractivity contribution in [2.45, 2.75) is 26.2 Å². The van der Waals surface area contributed by atoms with E-state index in [1.165, 1.54) is 6.07 Å². The molecule has 23 heavy (non-hydrogen) atoms. The molecule has 6 nitrogen and oxygen atoms in total. The fraction of sp³-hybridized carbons (Fsp3) is 0.235. The van der Waals surface area contributed by atoms with Crippen LogP contribution in [0.5, 0.6) is 17.2 Å². The summed E-state index contributed by atoms with van der Waals surface area (Å²) in [5.74, 6) is 0.770. The predicted octanol–water partition coefficient (Wildman–Crippen LogP) is 4.11. The number of nitrogens with zero attached hydrogens (tertiary/aromatic N) is 1. The first-order valence-corrected chi connectivity index (χ1v) is 7.21. The number of hydrogen-bond acceptors (Lipinski definition) is 5. The van der Waals surface area contributed by atoms with Crippen LogP contribution >= 0.6 is 0 Å². The zero-order valence-electron chi connectivity index (χ0n) is 12.7. The minimum Gasteiger partial charge on any atom is -0.450 e. The highest BCUT2D eigenvalue weighted by atomic mass is 16.6. The molecule has 0 spiro atoms. The molecule has 0 aliphatic carbocycles. The van der Waals surface area contributed by atoms with Crippen molar-refractivity contribution in [3.8, 4) is 17.2 Å². The number of carbonyl (C=O) groups excluding carboxylic acids is 1. The van der Waals surface area contributed by atoms with Crippen molar-refractivity contribution in [3.05, 3.63) is 57.6 Å². The van der Waals surface area contributed by atoms with Crippen molar-refractivity contribution in [1.29, 1.82) is 0 Å². The lowest BCUT2D eigenvalue weighted by atomic mass is 9.95. The lowest BCUT2D eigenvalue weighted by Gasteiger charge is -2.21. The normalized spacial score (nSPS) is 16.4. The minimum absolute atomic E-state index is 0.0778. The Balaban J connectivity index is 1.94. The Hall–Kier alpha value is -2.89. The summed E-state index contributed by atoms with van der Waals surface area (Å²) in [5.41, 5.74) is 1.60. The summed E-state index contributed by atoms with van der Waals surface area (Å²) in [6.45, 7) is 3.72. The van der Waals surface area contributed by atoms with Crippen LogP contribution in [0, 0.1) is 17.0 Å². The Morgan fingerprint density at radius 2 is 2.04 bits per heavy atom.